The second-order valence-electron chi connectivity index (χ2n) is 8.59. The Bertz CT molecular complexity index is 1240. The van der Waals surface area contributed by atoms with Crippen molar-refractivity contribution in [1.82, 2.24) is 9.62 Å². The van der Waals surface area contributed by atoms with Gasteiger partial charge in [-0.25, -0.2) is 8.42 Å². The van der Waals surface area contributed by atoms with Gasteiger partial charge in [0, 0.05) is 13.6 Å². The van der Waals surface area contributed by atoms with E-state index in [1.165, 1.54) is 27.6 Å². The molecule has 0 unspecified atom stereocenters. The predicted molar refractivity (Wildman–Crippen MR) is 134 cm³/mol. The van der Waals surface area contributed by atoms with Gasteiger partial charge in [0.2, 0.25) is 10.0 Å². The van der Waals surface area contributed by atoms with Gasteiger partial charge in [-0.2, -0.15) is 4.31 Å². The summed E-state index contributed by atoms with van der Waals surface area (Å²) in [5.74, 6) is 0.180. The van der Waals surface area contributed by atoms with Gasteiger partial charge in [0.05, 0.1) is 10.9 Å². The summed E-state index contributed by atoms with van der Waals surface area (Å²) in [6.45, 7) is 8.22. The first-order valence-corrected chi connectivity index (χ1v) is 12.6. The maximum absolute atomic E-state index is 12.9. The Labute approximate surface area is 202 Å². The molecule has 7 heteroatoms. The van der Waals surface area contributed by atoms with Gasteiger partial charge < -0.3 is 10.1 Å². The molecule has 180 valence electrons. The highest BCUT2D eigenvalue weighted by Gasteiger charge is 2.21. The molecule has 0 bridgehead atoms. The smallest absolute Gasteiger partial charge is 0.258 e. The molecule has 0 aliphatic rings. The summed E-state index contributed by atoms with van der Waals surface area (Å²) >= 11 is 0. The second kappa shape index (κ2) is 10.8. The van der Waals surface area contributed by atoms with Crippen molar-refractivity contribution in [3.05, 3.63) is 94.5 Å². The third kappa shape index (κ3) is 6.24. The molecular formula is C27H32N2O4S. The summed E-state index contributed by atoms with van der Waals surface area (Å²) in [4.78, 5) is 12.6. The molecule has 3 aromatic carbocycles. The molecule has 3 aromatic rings. The highest BCUT2D eigenvalue weighted by molar-refractivity contribution is 7.89. The van der Waals surface area contributed by atoms with E-state index in [2.05, 4.69) is 31.3 Å². The molecule has 6 nitrogen and oxygen atoms in total. The highest BCUT2D eigenvalue weighted by Crippen LogP contribution is 2.22. The number of nitrogens with zero attached hydrogens (tertiary/aromatic N) is 1. The van der Waals surface area contributed by atoms with Crippen LogP contribution < -0.4 is 10.1 Å². The van der Waals surface area contributed by atoms with E-state index in [9.17, 15) is 13.2 Å². The molecule has 0 aliphatic heterocycles. The maximum atomic E-state index is 12.9. The number of ether oxygens (including phenoxy) is 1. The summed E-state index contributed by atoms with van der Waals surface area (Å²) in [7, 11) is -2.09. The fraction of sp³-hybridized carbons (Fsp3) is 0.296. The lowest BCUT2D eigenvalue weighted by Crippen LogP contribution is -2.31. The standard InChI is InChI=1S/C27H32N2O4S/c1-19-15-21(3)26(16-20(19)2)22(4)28-27(30)18-33-24-11-13-25(14-12-24)34(31,32)29(5)17-23-9-7-6-8-10-23/h6-16,22H,17-18H2,1-5H3,(H,28,30)/t22-/m0/s1. The van der Waals surface area contributed by atoms with Gasteiger partial charge in [0.25, 0.3) is 5.91 Å². The van der Waals surface area contributed by atoms with E-state index < -0.39 is 10.0 Å². The fourth-order valence-electron chi connectivity index (χ4n) is 3.77. The van der Waals surface area contributed by atoms with Gasteiger partial charge >= 0.3 is 0 Å². The molecule has 0 spiro atoms. The molecule has 0 aromatic heterocycles. The van der Waals surface area contributed by atoms with Crippen LogP contribution >= 0.6 is 0 Å². The van der Waals surface area contributed by atoms with E-state index in [4.69, 9.17) is 4.74 Å². The Morgan fingerprint density at radius 2 is 1.56 bits per heavy atom. The molecule has 34 heavy (non-hydrogen) atoms. The summed E-state index contributed by atoms with van der Waals surface area (Å²) in [5, 5.41) is 2.96. The number of benzene rings is 3. The Kier molecular flexibility index (Phi) is 8.12. The molecule has 0 saturated carbocycles. The minimum Gasteiger partial charge on any atom is -0.484 e. The lowest BCUT2D eigenvalue weighted by molar-refractivity contribution is -0.123. The minimum absolute atomic E-state index is 0.150. The Hall–Kier alpha value is -3.16. The summed E-state index contributed by atoms with van der Waals surface area (Å²) in [6, 6.07) is 19.6. The normalized spacial score (nSPS) is 12.4. The van der Waals surface area contributed by atoms with Gasteiger partial charge in [-0.1, -0.05) is 42.5 Å². The molecule has 0 saturated heterocycles. The van der Waals surface area contributed by atoms with Crippen LogP contribution in [0.4, 0.5) is 0 Å². The molecule has 1 N–H and O–H groups in total. The van der Waals surface area contributed by atoms with E-state index in [1.807, 2.05) is 44.2 Å². The van der Waals surface area contributed by atoms with Crippen LogP contribution in [0, 0.1) is 20.8 Å². The van der Waals surface area contributed by atoms with Gasteiger partial charge in [-0.15, -0.1) is 0 Å². The summed E-state index contributed by atoms with van der Waals surface area (Å²) < 4.78 is 32.6. The Morgan fingerprint density at radius 1 is 0.941 bits per heavy atom. The van der Waals surface area contributed by atoms with E-state index in [-0.39, 0.29) is 30.0 Å². The van der Waals surface area contributed by atoms with Crippen molar-refractivity contribution < 1.29 is 17.9 Å². The number of sulfonamides is 1. The Morgan fingerprint density at radius 3 is 2.21 bits per heavy atom. The van der Waals surface area contributed by atoms with Crippen molar-refractivity contribution in [2.45, 2.75) is 45.2 Å². The Balaban J connectivity index is 1.57. The molecule has 0 radical (unpaired) electrons. The number of amides is 1. The zero-order chi connectivity index (χ0) is 24.9. The topological polar surface area (TPSA) is 75.7 Å². The quantitative estimate of drug-likeness (QED) is 0.482. The van der Waals surface area contributed by atoms with Crippen LogP contribution in [0.25, 0.3) is 0 Å². The predicted octanol–water partition coefficient (Wildman–Crippen LogP) is 4.69. The average molecular weight is 481 g/mol. The molecule has 1 atom stereocenters. The van der Waals surface area contributed by atoms with Crippen LogP contribution in [0.1, 0.15) is 40.8 Å². The van der Waals surface area contributed by atoms with Crippen LogP contribution in [-0.4, -0.2) is 32.3 Å². The first kappa shape index (κ1) is 25.5. The monoisotopic (exact) mass is 480 g/mol. The van der Waals surface area contributed by atoms with Crippen LogP contribution in [-0.2, 0) is 21.4 Å². The number of hydrogen-bond donors (Lipinski definition) is 1. The number of hydrogen-bond acceptors (Lipinski definition) is 4. The third-order valence-corrected chi connectivity index (χ3v) is 7.69. The van der Waals surface area contributed by atoms with Crippen molar-refractivity contribution in [2.24, 2.45) is 0 Å². The first-order chi connectivity index (χ1) is 16.1. The van der Waals surface area contributed by atoms with Gasteiger partial charge in [0.15, 0.2) is 6.61 Å². The summed E-state index contributed by atoms with van der Waals surface area (Å²) in [5.41, 5.74) is 5.52. The number of carbonyl (C=O) groups excluding carboxylic acids is 1. The van der Waals surface area contributed by atoms with Gasteiger partial charge in [0.1, 0.15) is 5.75 Å². The molecule has 0 aliphatic carbocycles. The number of nitrogens with one attached hydrogen (secondary N) is 1. The maximum Gasteiger partial charge on any atom is 0.258 e. The zero-order valence-corrected chi connectivity index (χ0v) is 21.1. The summed E-state index contributed by atoms with van der Waals surface area (Å²) in [6.07, 6.45) is 0. The third-order valence-electron chi connectivity index (χ3n) is 5.88. The van der Waals surface area contributed by atoms with E-state index in [0.717, 1.165) is 16.7 Å². The van der Waals surface area contributed by atoms with E-state index in [0.29, 0.717) is 5.75 Å². The van der Waals surface area contributed by atoms with Crippen LogP contribution in [0.15, 0.2) is 71.6 Å². The van der Waals surface area contributed by atoms with Crippen LogP contribution in [0.5, 0.6) is 5.75 Å². The van der Waals surface area contributed by atoms with Crippen molar-refractivity contribution in [1.29, 1.82) is 0 Å². The van der Waals surface area contributed by atoms with Crippen molar-refractivity contribution in [2.75, 3.05) is 13.7 Å². The van der Waals surface area contributed by atoms with Crippen molar-refractivity contribution in [3.63, 3.8) is 0 Å². The largest absolute Gasteiger partial charge is 0.484 e. The second-order valence-corrected chi connectivity index (χ2v) is 10.6. The minimum atomic E-state index is -3.64. The highest BCUT2D eigenvalue weighted by atomic mass is 32.2. The lowest BCUT2D eigenvalue weighted by Gasteiger charge is -2.19. The van der Waals surface area contributed by atoms with Crippen molar-refractivity contribution in [3.8, 4) is 5.75 Å². The van der Waals surface area contributed by atoms with Crippen LogP contribution in [0.3, 0.4) is 0 Å². The molecule has 0 heterocycles. The molecule has 0 fully saturated rings. The molecule has 1 amide bonds. The van der Waals surface area contributed by atoms with Gasteiger partial charge in [-0.3, -0.25) is 4.79 Å². The molecule has 3 rings (SSSR count). The molecular weight excluding hydrogens is 448 g/mol. The SMILES string of the molecule is Cc1cc(C)c([C@H](C)NC(=O)COc2ccc(S(=O)(=O)N(C)Cc3ccccc3)cc2)cc1C. The van der Waals surface area contributed by atoms with Crippen molar-refractivity contribution >= 4 is 15.9 Å². The zero-order valence-electron chi connectivity index (χ0n) is 20.3. The first-order valence-electron chi connectivity index (χ1n) is 11.2. The fourth-order valence-corrected chi connectivity index (χ4v) is 4.93. The number of aryl methyl sites for hydroxylation is 3. The van der Waals surface area contributed by atoms with Gasteiger partial charge in [-0.05, 0) is 79.8 Å². The average Bonchev–Trinajstić information content (AvgIpc) is 2.81. The lowest BCUT2D eigenvalue weighted by atomic mass is 9.96. The van der Waals surface area contributed by atoms with Crippen LogP contribution in [0.2, 0.25) is 0 Å². The van der Waals surface area contributed by atoms with E-state index >= 15 is 0 Å². The number of carbonyl (C=O) groups is 1. The van der Waals surface area contributed by atoms with E-state index in [1.54, 1.807) is 19.2 Å². The number of rotatable bonds is 9.